The maximum atomic E-state index is 11.0. The third kappa shape index (κ3) is 6.66. The Kier molecular flexibility index (Phi) is 7.88. The highest BCUT2D eigenvalue weighted by atomic mass is 32.2. The number of benzene rings is 2. The molecule has 152 valence electrons. The van der Waals surface area contributed by atoms with Crippen LogP contribution in [0, 0.1) is 40.5 Å². The molecule has 17 heteroatoms. The van der Waals surface area contributed by atoms with E-state index in [1.54, 1.807) is 0 Å². The summed E-state index contributed by atoms with van der Waals surface area (Å²) in [6.07, 6.45) is 0. The van der Waals surface area contributed by atoms with Crippen LogP contribution >= 0.6 is 47.8 Å². The first kappa shape index (κ1) is 22.5. The minimum Gasteiger partial charge on any atom is -0.454 e. The third-order valence-electron chi connectivity index (χ3n) is 2.78. The molecule has 2 rings (SSSR count). The molecule has 13 nitrogen and oxygen atoms in total. The normalized spacial score (nSPS) is 10.3. The molecule has 0 spiro atoms. The maximum Gasteiger partial charge on any atom is 0.271 e. The fraction of sp³-hybridized carbons (Fsp3) is 0. The second-order valence-electron chi connectivity index (χ2n) is 4.53. The molecular formula is C12H6N4O9S4. The molecule has 0 aliphatic rings. The highest BCUT2D eigenvalue weighted by Gasteiger charge is 2.27. The Bertz CT molecular complexity index is 912. The van der Waals surface area contributed by atoms with E-state index in [0.717, 1.165) is 0 Å². The zero-order valence-corrected chi connectivity index (χ0v) is 16.8. The van der Waals surface area contributed by atoms with E-state index < -0.39 is 17.3 Å². The molecule has 0 unspecified atom stereocenters. The summed E-state index contributed by atoms with van der Waals surface area (Å²) in [4.78, 5) is 43.0. The maximum absolute atomic E-state index is 11.0. The fourth-order valence-electron chi connectivity index (χ4n) is 1.90. The number of hydrogen-bond donors (Lipinski definition) is 0. The van der Waals surface area contributed by atoms with Gasteiger partial charge in [-0.3, -0.25) is 40.5 Å². The summed E-state index contributed by atoms with van der Waals surface area (Å²) in [7, 11) is 0. The topological polar surface area (TPSA) is 182 Å². The van der Waals surface area contributed by atoms with E-state index in [2.05, 4.69) is 0 Å². The number of nitro groups is 4. The van der Waals surface area contributed by atoms with E-state index in [0.29, 0.717) is 0 Å². The largest absolute Gasteiger partial charge is 0.454 e. The lowest BCUT2D eigenvalue weighted by Gasteiger charge is -2.11. The Balaban J connectivity index is 2.55. The van der Waals surface area contributed by atoms with Crippen LogP contribution in [0.5, 0.6) is 11.5 Å². The monoisotopic (exact) mass is 478 g/mol. The lowest BCUT2D eigenvalue weighted by molar-refractivity contribution is -0.286. The highest BCUT2D eigenvalue weighted by molar-refractivity contribution is 7.97. The van der Waals surface area contributed by atoms with Crippen LogP contribution in [0.4, 0.5) is 0 Å². The quantitative estimate of drug-likeness (QED) is 0.262. The van der Waals surface area contributed by atoms with Crippen molar-refractivity contribution in [2.24, 2.45) is 0 Å². The first-order valence-corrected chi connectivity index (χ1v) is 10.00. The number of hydrogen-bond acceptors (Lipinski definition) is 13. The van der Waals surface area contributed by atoms with Crippen LogP contribution < -0.4 is 4.74 Å². The van der Waals surface area contributed by atoms with Crippen molar-refractivity contribution in [1.29, 1.82) is 0 Å². The van der Waals surface area contributed by atoms with Gasteiger partial charge in [-0.15, -0.1) is 0 Å². The van der Waals surface area contributed by atoms with Gasteiger partial charge in [-0.1, -0.05) is 12.1 Å². The molecule has 0 aromatic heterocycles. The molecule has 0 aliphatic carbocycles. The molecule has 2 aromatic rings. The Morgan fingerprint density at radius 1 is 0.586 bits per heavy atom. The van der Waals surface area contributed by atoms with Gasteiger partial charge in [-0.2, -0.15) is 0 Å². The van der Waals surface area contributed by atoms with Gasteiger partial charge < -0.3 is 4.74 Å². The van der Waals surface area contributed by atoms with E-state index >= 15 is 0 Å². The van der Waals surface area contributed by atoms with Crippen molar-refractivity contribution in [3.63, 3.8) is 0 Å². The molecule has 0 heterocycles. The molecular weight excluding hydrogens is 472 g/mol. The van der Waals surface area contributed by atoms with Gasteiger partial charge in [0.1, 0.15) is 48.4 Å². The molecule has 0 aliphatic heterocycles. The average molecular weight is 478 g/mol. The van der Waals surface area contributed by atoms with Crippen molar-refractivity contribution < 1.29 is 22.1 Å². The zero-order chi connectivity index (χ0) is 21.6. The molecule has 0 N–H and O–H groups in total. The van der Waals surface area contributed by atoms with E-state index in [4.69, 9.17) is 4.74 Å². The number of nitrogens with zero attached hydrogens (tertiary/aromatic N) is 4. The summed E-state index contributed by atoms with van der Waals surface area (Å²) in [5.41, 5.74) is 0. The van der Waals surface area contributed by atoms with Crippen LogP contribution in [0.3, 0.4) is 0 Å². The standard InChI is InChI=1S/C12H6N4O9S4/c17-13(18)26-9-5-1-3-7(11(9)28-15(21)22)25-8-4-2-6-10(27-14(19)20)12(8)29-16(23)24/h1-6H. The second kappa shape index (κ2) is 10.1. The van der Waals surface area contributed by atoms with Crippen LogP contribution in [0.25, 0.3) is 0 Å². The molecule has 0 saturated heterocycles. The van der Waals surface area contributed by atoms with Gasteiger partial charge in [0.2, 0.25) is 0 Å². The van der Waals surface area contributed by atoms with Gasteiger partial charge in [0, 0.05) is 0 Å². The molecule has 0 amide bonds. The van der Waals surface area contributed by atoms with Crippen LogP contribution in [0.1, 0.15) is 0 Å². The molecule has 0 atom stereocenters. The Morgan fingerprint density at radius 2 is 0.931 bits per heavy atom. The molecule has 0 fully saturated rings. The number of rotatable bonds is 10. The summed E-state index contributed by atoms with van der Waals surface area (Å²) >= 11 is 0.387. The van der Waals surface area contributed by atoms with Crippen molar-refractivity contribution in [2.75, 3.05) is 0 Å². The van der Waals surface area contributed by atoms with Gasteiger partial charge in [0.15, 0.2) is 0 Å². The minimum absolute atomic E-state index is 0.0653. The predicted molar refractivity (Wildman–Crippen MR) is 104 cm³/mol. The summed E-state index contributed by atoms with van der Waals surface area (Å²) in [5.74, 6) is -0.348. The minimum atomic E-state index is -0.794. The SMILES string of the molecule is O=[N+]([O-])Sc1cccc(Oc2cccc(S[N+](=O)[O-])c2S[N+](=O)[O-])c1S[N+](=O)[O-]. The van der Waals surface area contributed by atoms with Crippen LogP contribution in [-0.2, 0) is 0 Å². The van der Waals surface area contributed by atoms with E-state index in [1.807, 2.05) is 0 Å². The zero-order valence-electron chi connectivity index (χ0n) is 13.6. The highest BCUT2D eigenvalue weighted by Crippen LogP contribution is 2.44. The van der Waals surface area contributed by atoms with Gasteiger partial charge >= 0.3 is 0 Å². The van der Waals surface area contributed by atoms with Crippen LogP contribution in [0.15, 0.2) is 56.0 Å². The van der Waals surface area contributed by atoms with Gasteiger partial charge in [0.05, 0.1) is 0 Å². The molecule has 2 aromatic carbocycles. The van der Waals surface area contributed by atoms with Crippen molar-refractivity contribution in [1.82, 2.24) is 0 Å². The Hall–Kier alpha value is -2.76. The van der Waals surface area contributed by atoms with Crippen LogP contribution in [0.2, 0.25) is 0 Å². The summed E-state index contributed by atoms with van der Waals surface area (Å²) in [6.45, 7) is 0. The van der Waals surface area contributed by atoms with Gasteiger partial charge in [-0.25, -0.2) is 0 Å². The van der Waals surface area contributed by atoms with E-state index in [1.165, 1.54) is 36.4 Å². The smallest absolute Gasteiger partial charge is 0.271 e. The first-order chi connectivity index (χ1) is 13.7. The lowest BCUT2D eigenvalue weighted by Crippen LogP contribution is -1.97. The summed E-state index contributed by atoms with van der Waals surface area (Å²) < 4.78 is 2.46. The van der Waals surface area contributed by atoms with Gasteiger partial charge in [0.25, 0.3) is 47.8 Å². The van der Waals surface area contributed by atoms with Crippen molar-refractivity contribution in [3.8, 4) is 11.5 Å². The summed E-state index contributed by atoms with van der Waals surface area (Å²) in [6, 6.07) is 7.81. The Morgan fingerprint density at radius 3 is 1.24 bits per heavy atom. The first-order valence-electron chi connectivity index (χ1n) is 6.90. The van der Waals surface area contributed by atoms with Crippen molar-refractivity contribution in [3.05, 3.63) is 76.9 Å². The fourth-order valence-corrected chi connectivity index (χ4v) is 4.33. The van der Waals surface area contributed by atoms with Crippen LogP contribution in [-0.4, -0.2) is 17.3 Å². The number of ether oxygens (including phenoxy) is 1. The average Bonchev–Trinajstić information content (AvgIpc) is 2.58. The molecule has 0 saturated carbocycles. The predicted octanol–water partition coefficient (Wildman–Crippen LogP) is 4.61. The molecule has 0 bridgehead atoms. The molecule has 0 radical (unpaired) electrons. The second-order valence-corrected chi connectivity index (χ2v) is 8.15. The Labute approximate surface area is 177 Å². The third-order valence-corrected chi connectivity index (χ3v) is 5.92. The summed E-state index contributed by atoms with van der Waals surface area (Å²) in [5, 5.41) is 43.5. The van der Waals surface area contributed by atoms with E-state index in [9.17, 15) is 40.5 Å². The van der Waals surface area contributed by atoms with Gasteiger partial charge in [-0.05, 0) is 24.3 Å². The van der Waals surface area contributed by atoms with Crippen molar-refractivity contribution >= 4 is 47.8 Å². The van der Waals surface area contributed by atoms with E-state index in [-0.39, 0.29) is 78.9 Å². The van der Waals surface area contributed by atoms with Crippen molar-refractivity contribution in [2.45, 2.75) is 19.6 Å². The lowest BCUT2D eigenvalue weighted by atomic mass is 10.3. The molecule has 29 heavy (non-hydrogen) atoms.